The van der Waals surface area contributed by atoms with Crippen LogP contribution in [-0.4, -0.2) is 0 Å². The Kier molecular flexibility index (Phi) is 5.33. The molecular weight excluding hydrogens is 276 g/mol. The predicted octanol–water partition coefficient (Wildman–Crippen LogP) is 7.46. The molecule has 0 fully saturated rings. The van der Waals surface area contributed by atoms with Crippen molar-refractivity contribution in [3.05, 3.63) is 60.2 Å². The molecule has 0 aliphatic rings. The van der Waals surface area contributed by atoms with Crippen LogP contribution >= 0.6 is 0 Å². The Labute approximate surface area is 140 Å². The molecule has 0 atom stereocenters. The van der Waals surface area contributed by atoms with Gasteiger partial charge in [-0.25, -0.2) is 0 Å². The summed E-state index contributed by atoms with van der Waals surface area (Å²) in [4.78, 5) is 0. The van der Waals surface area contributed by atoms with E-state index in [0.29, 0.717) is 5.92 Å². The van der Waals surface area contributed by atoms with Crippen LogP contribution in [0.3, 0.4) is 0 Å². The van der Waals surface area contributed by atoms with E-state index < -0.39 is 0 Å². The Bertz CT molecular complexity index is 761. The third-order valence-electron chi connectivity index (χ3n) is 5.03. The molecule has 0 spiro atoms. The summed E-state index contributed by atoms with van der Waals surface area (Å²) in [6.07, 6.45) is 7.88. The van der Waals surface area contributed by atoms with Crippen molar-refractivity contribution >= 4 is 21.5 Å². The van der Waals surface area contributed by atoms with Crippen LogP contribution in [0.25, 0.3) is 21.5 Å². The molecule has 3 aromatic carbocycles. The third kappa shape index (κ3) is 3.58. The number of unbranched alkanes of at least 4 members (excludes halogenated alkanes) is 2. The van der Waals surface area contributed by atoms with Crippen molar-refractivity contribution in [2.75, 3.05) is 0 Å². The van der Waals surface area contributed by atoms with Crippen molar-refractivity contribution in [1.29, 1.82) is 0 Å². The van der Waals surface area contributed by atoms with Gasteiger partial charge in [0.05, 0.1) is 0 Å². The Hall–Kier alpha value is -1.82. The van der Waals surface area contributed by atoms with Crippen molar-refractivity contribution in [1.82, 2.24) is 0 Å². The molecule has 0 aliphatic heterocycles. The Morgan fingerprint density at radius 2 is 1.30 bits per heavy atom. The maximum absolute atomic E-state index is 2.41. The molecule has 0 aliphatic carbocycles. The summed E-state index contributed by atoms with van der Waals surface area (Å²) in [5.41, 5.74) is 1.56. The van der Waals surface area contributed by atoms with E-state index in [1.165, 1.54) is 60.1 Å². The normalized spacial score (nSPS) is 11.6. The van der Waals surface area contributed by atoms with Gasteiger partial charge in [-0.1, -0.05) is 82.0 Å². The number of rotatable bonds is 7. The molecule has 0 bridgehead atoms. The van der Waals surface area contributed by atoms with E-state index in [1.54, 1.807) is 5.56 Å². The summed E-state index contributed by atoms with van der Waals surface area (Å²) in [5.74, 6) is 0.708. The highest BCUT2D eigenvalue weighted by Gasteiger charge is 2.14. The second kappa shape index (κ2) is 7.64. The van der Waals surface area contributed by atoms with E-state index in [2.05, 4.69) is 68.4 Å². The Morgan fingerprint density at radius 1 is 0.696 bits per heavy atom. The van der Waals surface area contributed by atoms with Crippen LogP contribution in [0.1, 0.15) is 63.9 Å². The zero-order chi connectivity index (χ0) is 16.1. The molecule has 0 nitrogen and oxygen atoms in total. The Morgan fingerprint density at radius 3 is 1.96 bits per heavy atom. The molecule has 120 valence electrons. The maximum Gasteiger partial charge on any atom is -0.0143 e. The molecule has 3 aromatic rings. The SMILES string of the molecule is CCCCC(CCCC)c1cccc2cc3ccccc3cc12. The largest absolute Gasteiger partial charge is 0.0654 e. The van der Waals surface area contributed by atoms with Crippen molar-refractivity contribution in [3.8, 4) is 0 Å². The lowest BCUT2D eigenvalue weighted by Crippen LogP contribution is -2.00. The quantitative estimate of drug-likeness (QED) is 0.397. The van der Waals surface area contributed by atoms with Crippen LogP contribution in [0.2, 0.25) is 0 Å². The van der Waals surface area contributed by atoms with Gasteiger partial charge >= 0.3 is 0 Å². The molecule has 23 heavy (non-hydrogen) atoms. The molecule has 0 radical (unpaired) electrons. The second-order valence-corrected chi connectivity index (χ2v) is 6.75. The van der Waals surface area contributed by atoms with Gasteiger partial charge in [-0.05, 0) is 58.0 Å². The minimum atomic E-state index is 0.708. The van der Waals surface area contributed by atoms with E-state index in [4.69, 9.17) is 0 Å². The molecule has 0 amide bonds. The van der Waals surface area contributed by atoms with Crippen molar-refractivity contribution in [3.63, 3.8) is 0 Å². The minimum absolute atomic E-state index is 0.708. The monoisotopic (exact) mass is 304 g/mol. The van der Waals surface area contributed by atoms with Crippen LogP contribution in [-0.2, 0) is 0 Å². The number of hydrogen-bond donors (Lipinski definition) is 0. The van der Waals surface area contributed by atoms with Gasteiger partial charge in [0.1, 0.15) is 0 Å². The van der Waals surface area contributed by atoms with Crippen LogP contribution in [0.15, 0.2) is 54.6 Å². The topological polar surface area (TPSA) is 0 Å². The van der Waals surface area contributed by atoms with Crippen LogP contribution < -0.4 is 0 Å². The third-order valence-corrected chi connectivity index (χ3v) is 5.03. The molecule has 0 N–H and O–H groups in total. The first-order valence-corrected chi connectivity index (χ1v) is 9.25. The lowest BCUT2D eigenvalue weighted by molar-refractivity contribution is 0.527. The van der Waals surface area contributed by atoms with E-state index in [9.17, 15) is 0 Å². The highest BCUT2D eigenvalue weighted by molar-refractivity contribution is 5.99. The second-order valence-electron chi connectivity index (χ2n) is 6.75. The fraction of sp³-hybridized carbons (Fsp3) is 0.391. The zero-order valence-corrected chi connectivity index (χ0v) is 14.5. The summed E-state index contributed by atoms with van der Waals surface area (Å²) in [6, 6.07) is 20.4. The number of benzene rings is 3. The molecule has 0 saturated carbocycles. The van der Waals surface area contributed by atoms with E-state index in [1.807, 2.05) is 0 Å². The lowest BCUT2D eigenvalue weighted by Gasteiger charge is -2.19. The molecule has 3 rings (SSSR count). The maximum atomic E-state index is 2.41. The predicted molar refractivity (Wildman–Crippen MR) is 103 cm³/mol. The molecule has 0 unspecified atom stereocenters. The standard InChI is InChI=1S/C23H28/c1-3-5-10-18(11-6-4-2)22-15-9-14-21-16-19-12-7-8-13-20(19)17-23(21)22/h7-9,12-18H,3-6,10-11H2,1-2H3. The van der Waals surface area contributed by atoms with Crippen LogP contribution in [0, 0.1) is 0 Å². The van der Waals surface area contributed by atoms with E-state index >= 15 is 0 Å². The summed E-state index contributed by atoms with van der Waals surface area (Å²) in [6.45, 7) is 4.60. The van der Waals surface area contributed by atoms with Gasteiger partial charge in [-0.15, -0.1) is 0 Å². The minimum Gasteiger partial charge on any atom is -0.0654 e. The lowest BCUT2D eigenvalue weighted by atomic mass is 9.85. The van der Waals surface area contributed by atoms with Crippen molar-refractivity contribution in [2.45, 2.75) is 58.3 Å². The fourth-order valence-electron chi connectivity index (χ4n) is 3.70. The average molecular weight is 304 g/mol. The highest BCUT2D eigenvalue weighted by atomic mass is 14.2. The van der Waals surface area contributed by atoms with Crippen LogP contribution in [0.4, 0.5) is 0 Å². The molecule has 0 aromatic heterocycles. The molecular formula is C23H28. The summed E-state index contributed by atoms with van der Waals surface area (Å²) < 4.78 is 0. The van der Waals surface area contributed by atoms with Gasteiger partial charge < -0.3 is 0 Å². The number of hydrogen-bond acceptors (Lipinski definition) is 0. The summed E-state index contributed by atoms with van der Waals surface area (Å²) in [7, 11) is 0. The van der Waals surface area contributed by atoms with Gasteiger partial charge in [0.25, 0.3) is 0 Å². The Balaban J connectivity index is 2.08. The highest BCUT2D eigenvalue weighted by Crippen LogP contribution is 2.34. The van der Waals surface area contributed by atoms with Gasteiger partial charge in [0.15, 0.2) is 0 Å². The molecule has 0 saturated heterocycles. The van der Waals surface area contributed by atoms with E-state index in [-0.39, 0.29) is 0 Å². The summed E-state index contributed by atoms with van der Waals surface area (Å²) >= 11 is 0. The summed E-state index contributed by atoms with van der Waals surface area (Å²) in [5, 5.41) is 5.55. The smallest absolute Gasteiger partial charge is 0.0143 e. The average Bonchev–Trinajstić information content (AvgIpc) is 2.60. The first-order chi connectivity index (χ1) is 11.3. The van der Waals surface area contributed by atoms with Crippen LogP contribution in [0.5, 0.6) is 0 Å². The number of fused-ring (bicyclic) bond motifs is 2. The fourth-order valence-corrected chi connectivity index (χ4v) is 3.70. The van der Waals surface area contributed by atoms with Gasteiger partial charge in [-0.3, -0.25) is 0 Å². The van der Waals surface area contributed by atoms with Gasteiger partial charge in [0.2, 0.25) is 0 Å². The van der Waals surface area contributed by atoms with Crippen molar-refractivity contribution < 1.29 is 0 Å². The van der Waals surface area contributed by atoms with Crippen molar-refractivity contribution in [2.24, 2.45) is 0 Å². The first-order valence-electron chi connectivity index (χ1n) is 9.25. The molecule has 0 heteroatoms. The zero-order valence-electron chi connectivity index (χ0n) is 14.5. The molecule has 0 heterocycles. The van der Waals surface area contributed by atoms with Gasteiger partial charge in [0, 0.05) is 0 Å². The first kappa shape index (κ1) is 16.1. The van der Waals surface area contributed by atoms with E-state index in [0.717, 1.165) is 0 Å². The van der Waals surface area contributed by atoms with Gasteiger partial charge in [-0.2, -0.15) is 0 Å².